The Labute approximate surface area is 105 Å². The summed E-state index contributed by atoms with van der Waals surface area (Å²) < 4.78 is 4.93. The van der Waals surface area contributed by atoms with Gasteiger partial charge in [-0.15, -0.1) is 0 Å². The van der Waals surface area contributed by atoms with Gasteiger partial charge in [0.25, 0.3) is 5.91 Å². The lowest BCUT2D eigenvalue weighted by Gasteiger charge is -2.09. The monoisotopic (exact) mass is 245 g/mol. The summed E-state index contributed by atoms with van der Waals surface area (Å²) in [6, 6.07) is 7.24. The van der Waals surface area contributed by atoms with Gasteiger partial charge in [0.15, 0.2) is 0 Å². The highest BCUT2D eigenvalue weighted by Gasteiger charge is 2.10. The average Bonchev–Trinajstić information content (AvgIpc) is 2.88. The predicted octanol–water partition coefficient (Wildman–Crippen LogP) is 1.80. The molecule has 0 radical (unpaired) electrons. The zero-order valence-electron chi connectivity index (χ0n) is 10.1. The standard InChI is InChI=1S/C13H15N3O2/c1-9-2-3-11(12(6-9)16-14)13(17)15-7-10-4-5-18-8-10/h2-6,8,16H,7,14H2,1H3,(H,15,17). The number of hydrogen-bond donors (Lipinski definition) is 3. The predicted molar refractivity (Wildman–Crippen MR) is 68.9 cm³/mol. The van der Waals surface area contributed by atoms with E-state index in [4.69, 9.17) is 10.3 Å². The number of amides is 1. The molecule has 0 saturated carbocycles. The molecule has 18 heavy (non-hydrogen) atoms. The number of nitrogen functional groups attached to an aromatic ring is 1. The van der Waals surface area contributed by atoms with Gasteiger partial charge in [0, 0.05) is 12.1 Å². The third kappa shape index (κ3) is 2.70. The number of benzene rings is 1. The molecule has 0 atom stereocenters. The van der Waals surface area contributed by atoms with Crippen molar-refractivity contribution in [2.24, 2.45) is 5.84 Å². The molecule has 0 aliphatic rings. The van der Waals surface area contributed by atoms with E-state index >= 15 is 0 Å². The fourth-order valence-corrected chi connectivity index (χ4v) is 1.65. The van der Waals surface area contributed by atoms with E-state index in [1.165, 1.54) is 0 Å². The first-order valence-corrected chi connectivity index (χ1v) is 5.57. The molecule has 1 aromatic carbocycles. The van der Waals surface area contributed by atoms with Crippen LogP contribution in [0.2, 0.25) is 0 Å². The Morgan fingerprint density at radius 2 is 2.22 bits per heavy atom. The summed E-state index contributed by atoms with van der Waals surface area (Å²) in [5.41, 5.74) is 5.61. The van der Waals surface area contributed by atoms with Crippen LogP contribution >= 0.6 is 0 Å². The summed E-state index contributed by atoms with van der Waals surface area (Å²) in [5.74, 6) is 5.23. The second kappa shape index (κ2) is 5.37. The van der Waals surface area contributed by atoms with Crippen molar-refractivity contribution in [2.75, 3.05) is 5.43 Å². The lowest BCUT2D eigenvalue weighted by atomic mass is 10.1. The van der Waals surface area contributed by atoms with Gasteiger partial charge in [0.05, 0.1) is 23.8 Å². The van der Waals surface area contributed by atoms with E-state index in [2.05, 4.69) is 10.7 Å². The number of nitrogens with two attached hydrogens (primary N) is 1. The third-order valence-corrected chi connectivity index (χ3v) is 2.61. The molecule has 1 amide bonds. The van der Waals surface area contributed by atoms with Gasteiger partial charge >= 0.3 is 0 Å². The molecule has 5 nitrogen and oxygen atoms in total. The summed E-state index contributed by atoms with van der Waals surface area (Å²) in [6.45, 7) is 2.36. The number of nitrogens with one attached hydrogen (secondary N) is 2. The Morgan fingerprint density at radius 1 is 1.39 bits per heavy atom. The highest BCUT2D eigenvalue weighted by Crippen LogP contribution is 2.16. The Morgan fingerprint density at radius 3 is 2.89 bits per heavy atom. The van der Waals surface area contributed by atoms with Crippen LogP contribution in [0.4, 0.5) is 5.69 Å². The van der Waals surface area contributed by atoms with Crippen LogP contribution < -0.4 is 16.6 Å². The van der Waals surface area contributed by atoms with Crippen LogP contribution in [0.5, 0.6) is 0 Å². The van der Waals surface area contributed by atoms with Crippen molar-refractivity contribution >= 4 is 11.6 Å². The van der Waals surface area contributed by atoms with Crippen molar-refractivity contribution in [1.29, 1.82) is 0 Å². The summed E-state index contributed by atoms with van der Waals surface area (Å²) >= 11 is 0. The zero-order chi connectivity index (χ0) is 13.0. The van der Waals surface area contributed by atoms with Gasteiger partial charge in [-0.1, -0.05) is 6.07 Å². The molecule has 2 rings (SSSR count). The molecule has 4 N–H and O–H groups in total. The van der Waals surface area contributed by atoms with E-state index in [9.17, 15) is 4.79 Å². The molecule has 0 spiro atoms. The Bertz CT molecular complexity index is 535. The molecule has 1 heterocycles. The molecule has 0 bridgehead atoms. The van der Waals surface area contributed by atoms with E-state index < -0.39 is 0 Å². The molecule has 0 aliphatic carbocycles. The molecule has 5 heteroatoms. The number of anilines is 1. The molecular formula is C13H15N3O2. The molecular weight excluding hydrogens is 230 g/mol. The van der Waals surface area contributed by atoms with E-state index in [1.54, 1.807) is 24.7 Å². The number of rotatable bonds is 4. The fourth-order valence-electron chi connectivity index (χ4n) is 1.65. The summed E-state index contributed by atoms with van der Waals surface area (Å²) in [4.78, 5) is 12.0. The molecule has 0 fully saturated rings. The minimum atomic E-state index is -0.177. The van der Waals surface area contributed by atoms with Gasteiger partial charge in [0.2, 0.25) is 0 Å². The van der Waals surface area contributed by atoms with Crippen LogP contribution in [-0.2, 0) is 6.54 Å². The fraction of sp³-hybridized carbons (Fsp3) is 0.154. The number of hydrogen-bond acceptors (Lipinski definition) is 4. The van der Waals surface area contributed by atoms with Crippen molar-refractivity contribution in [1.82, 2.24) is 5.32 Å². The summed E-state index contributed by atoms with van der Waals surface area (Å²) in [7, 11) is 0. The Balaban J connectivity index is 2.09. The summed E-state index contributed by atoms with van der Waals surface area (Å²) in [5, 5.41) is 2.80. The lowest BCUT2D eigenvalue weighted by molar-refractivity contribution is 0.0951. The Hall–Kier alpha value is -2.27. The van der Waals surface area contributed by atoms with Crippen LogP contribution in [0.25, 0.3) is 0 Å². The van der Waals surface area contributed by atoms with Crippen LogP contribution in [-0.4, -0.2) is 5.91 Å². The number of carbonyl (C=O) groups is 1. The molecule has 1 aromatic heterocycles. The molecule has 0 saturated heterocycles. The van der Waals surface area contributed by atoms with Crippen molar-refractivity contribution in [3.8, 4) is 0 Å². The maximum absolute atomic E-state index is 12.0. The van der Waals surface area contributed by atoms with Crippen molar-refractivity contribution in [3.05, 3.63) is 53.5 Å². The first kappa shape index (κ1) is 12.2. The molecule has 0 aliphatic heterocycles. The third-order valence-electron chi connectivity index (χ3n) is 2.61. The minimum absolute atomic E-state index is 0.177. The highest BCUT2D eigenvalue weighted by molar-refractivity contribution is 5.99. The number of aryl methyl sites for hydroxylation is 1. The van der Waals surface area contributed by atoms with Gasteiger partial charge in [-0.25, -0.2) is 0 Å². The maximum Gasteiger partial charge on any atom is 0.253 e. The zero-order valence-corrected chi connectivity index (χ0v) is 10.1. The number of furan rings is 1. The quantitative estimate of drug-likeness (QED) is 0.567. The molecule has 94 valence electrons. The van der Waals surface area contributed by atoms with Crippen LogP contribution in [0.15, 0.2) is 41.2 Å². The average molecular weight is 245 g/mol. The van der Waals surface area contributed by atoms with Gasteiger partial charge in [-0.2, -0.15) is 0 Å². The first-order valence-electron chi connectivity index (χ1n) is 5.57. The highest BCUT2D eigenvalue weighted by atomic mass is 16.3. The lowest BCUT2D eigenvalue weighted by Crippen LogP contribution is -2.24. The van der Waals surface area contributed by atoms with E-state index in [0.717, 1.165) is 11.1 Å². The van der Waals surface area contributed by atoms with Crippen LogP contribution in [0, 0.1) is 6.92 Å². The normalized spacial score (nSPS) is 10.1. The van der Waals surface area contributed by atoms with Crippen molar-refractivity contribution < 1.29 is 9.21 Å². The second-order valence-corrected chi connectivity index (χ2v) is 4.01. The maximum atomic E-state index is 12.0. The topological polar surface area (TPSA) is 80.3 Å². The largest absolute Gasteiger partial charge is 0.472 e. The van der Waals surface area contributed by atoms with Crippen molar-refractivity contribution in [3.63, 3.8) is 0 Å². The Kier molecular flexibility index (Phi) is 3.64. The first-order chi connectivity index (χ1) is 8.70. The molecule has 0 unspecified atom stereocenters. The van der Waals surface area contributed by atoms with E-state index in [0.29, 0.717) is 17.8 Å². The van der Waals surface area contributed by atoms with Gasteiger partial charge < -0.3 is 15.2 Å². The van der Waals surface area contributed by atoms with Gasteiger partial charge in [0.1, 0.15) is 0 Å². The van der Waals surface area contributed by atoms with Crippen LogP contribution in [0.1, 0.15) is 21.5 Å². The van der Waals surface area contributed by atoms with Gasteiger partial charge in [-0.3, -0.25) is 10.6 Å². The van der Waals surface area contributed by atoms with E-state index in [1.807, 2.05) is 19.1 Å². The number of carbonyl (C=O) groups excluding carboxylic acids is 1. The summed E-state index contributed by atoms with van der Waals surface area (Å²) in [6.07, 6.45) is 3.16. The van der Waals surface area contributed by atoms with Crippen molar-refractivity contribution in [2.45, 2.75) is 13.5 Å². The second-order valence-electron chi connectivity index (χ2n) is 4.01. The minimum Gasteiger partial charge on any atom is -0.472 e. The van der Waals surface area contributed by atoms with Crippen LogP contribution in [0.3, 0.4) is 0 Å². The van der Waals surface area contributed by atoms with Gasteiger partial charge in [-0.05, 0) is 30.7 Å². The number of hydrazine groups is 1. The smallest absolute Gasteiger partial charge is 0.253 e. The SMILES string of the molecule is Cc1ccc(C(=O)NCc2ccoc2)c(NN)c1. The van der Waals surface area contributed by atoms with E-state index in [-0.39, 0.29) is 5.91 Å². The molecule has 2 aromatic rings.